The van der Waals surface area contributed by atoms with Crippen LogP contribution in [0.5, 0.6) is 0 Å². The Bertz CT molecular complexity index is 319. The lowest BCUT2D eigenvalue weighted by atomic mass is 9.91. The Kier molecular flexibility index (Phi) is 2.33. The molecule has 2 N–H and O–H groups in total. The molecule has 0 bridgehead atoms. The number of nitrogens with one attached hydrogen (secondary N) is 2. The van der Waals surface area contributed by atoms with E-state index in [4.69, 9.17) is 4.74 Å². The molecule has 0 amide bonds. The van der Waals surface area contributed by atoms with Gasteiger partial charge in [-0.05, 0) is 13.8 Å². The molecule has 2 heterocycles. The van der Waals surface area contributed by atoms with Crippen molar-refractivity contribution in [1.29, 1.82) is 0 Å². The van der Waals surface area contributed by atoms with Crippen LogP contribution in [-0.4, -0.2) is 29.2 Å². The molecule has 2 rings (SSSR count). The van der Waals surface area contributed by atoms with Gasteiger partial charge in [0.1, 0.15) is 0 Å². The molecule has 1 aromatic rings. The van der Waals surface area contributed by atoms with Crippen LogP contribution in [0, 0.1) is 0 Å². The lowest BCUT2D eigenvalue weighted by Gasteiger charge is -2.35. The first-order chi connectivity index (χ1) is 6.65. The summed E-state index contributed by atoms with van der Waals surface area (Å²) in [6.45, 7) is 5.13. The number of aromatic amines is 1. The van der Waals surface area contributed by atoms with E-state index in [1.807, 2.05) is 0 Å². The van der Waals surface area contributed by atoms with Crippen LogP contribution < -0.4 is 5.32 Å². The van der Waals surface area contributed by atoms with Gasteiger partial charge in [0.2, 0.25) is 0 Å². The molecule has 0 aromatic carbocycles. The van der Waals surface area contributed by atoms with Crippen LogP contribution in [0.4, 0.5) is 0 Å². The highest BCUT2D eigenvalue weighted by Crippen LogP contribution is 2.31. The summed E-state index contributed by atoms with van der Waals surface area (Å²) in [5.41, 5.74) is 2.12. The largest absolute Gasteiger partial charge is 0.377 e. The van der Waals surface area contributed by atoms with Gasteiger partial charge in [0.05, 0.1) is 23.7 Å². The molecule has 1 aliphatic heterocycles. The molecule has 0 fully saturated rings. The SMILES string of the molecule is COC(C)(C)C1NCCc2[nH]cnc21. The van der Waals surface area contributed by atoms with Crippen molar-refractivity contribution in [1.82, 2.24) is 15.3 Å². The van der Waals surface area contributed by atoms with E-state index < -0.39 is 0 Å². The molecule has 14 heavy (non-hydrogen) atoms. The van der Waals surface area contributed by atoms with Crippen LogP contribution in [-0.2, 0) is 11.2 Å². The Labute approximate surface area is 84.1 Å². The third-order valence-electron chi connectivity index (χ3n) is 2.97. The number of fused-ring (bicyclic) bond motifs is 1. The van der Waals surface area contributed by atoms with Crippen LogP contribution in [0.2, 0.25) is 0 Å². The zero-order valence-corrected chi connectivity index (χ0v) is 8.92. The van der Waals surface area contributed by atoms with Crippen molar-refractivity contribution < 1.29 is 4.74 Å². The fraction of sp³-hybridized carbons (Fsp3) is 0.700. The lowest BCUT2D eigenvalue weighted by Crippen LogP contribution is -2.44. The van der Waals surface area contributed by atoms with E-state index in [9.17, 15) is 0 Å². The van der Waals surface area contributed by atoms with Crippen molar-refractivity contribution in [2.75, 3.05) is 13.7 Å². The molecule has 1 aromatic heterocycles. The van der Waals surface area contributed by atoms with Gasteiger partial charge in [-0.2, -0.15) is 0 Å². The average Bonchev–Trinajstić information content (AvgIpc) is 2.64. The van der Waals surface area contributed by atoms with E-state index in [-0.39, 0.29) is 11.6 Å². The maximum absolute atomic E-state index is 5.49. The number of H-pyrrole nitrogens is 1. The summed E-state index contributed by atoms with van der Waals surface area (Å²) in [7, 11) is 1.74. The van der Waals surface area contributed by atoms with Crippen LogP contribution in [0.3, 0.4) is 0 Å². The maximum atomic E-state index is 5.49. The van der Waals surface area contributed by atoms with Crippen molar-refractivity contribution in [3.05, 3.63) is 17.7 Å². The molecule has 4 heteroatoms. The zero-order chi connectivity index (χ0) is 10.2. The molecule has 0 radical (unpaired) electrons. The summed E-state index contributed by atoms with van der Waals surface area (Å²) in [6, 6.07) is 0.183. The standard InChI is InChI=1S/C10H17N3O/c1-10(2,14-3)9-8-7(4-5-11-9)12-6-13-8/h6,9,11H,4-5H2,1-3H3,(H,12,13). The Morgan fingerprint density at radius 2 is 2.36 bits per heavy atom. The highest BCUT2D eigenvalue weighted by molar-refractivity contribution is 5.22. The molecule has 1 atom stereocenters. The van der Waals surface area contributed by atoms with Gasteiger partial charge < -0.3 is 15.0 Å². The van der Waals surface area contributed by atoms with Crippen LogP contribution in [0.1, 0.15) is 31.3 Å². The van der Waals surface area contributed by atoms with Gasteiger partial charge in [-0.1, -0.05) is 0 Å². The normalized spacial score (nSPS) is 22.1. The number of methoxy groups -OCH3 is 1. The zero-order valence-electron chi connectivity index (χ0n) is 8.92. The average molecular weight is 195 g/mol. The fourth-order valence-corrected chi connectivity index (χ4v) is 1.91. The van der Waals surface area contributed by atoms with Crippen molar-refractivity contribution >= 4 is 0 Å². The van der Waals surface area contributed by atoms with Crippen molar-refractivity contribution in [2.24, 2.45) is 0 Å². The van der Waals surface area contributed by atoms with E-state index in [1.54, 1.807) is 13.4 Å². The molecule has 0 spiro atoms. The third-order valence-corrected chi connectivity index (χ3v) is 2.97. The number of rotatable bonds is 2. The highest BCUT2D eigenvalue weighted by Gasteiger charge is 2.35. The summed E-state index contributed by atoms with van der Waals surface area (Å²) in [4.78, 5) is 7.53. The summed E-state index contributed by atoms with van der Waals surface area (Å²) < 4.78 is 5.49. The second-order valence-electron chi connectivity index (χ2n) is 4.21. The Hall–Kier alpha value is -0.870. The predicted octanol–water partition coefficient (Wildman–Crippen LogP) is 1.02. The number of nitrogens with zero attached hydrogens (tertiary/aromatic N) is 1. The number of imidazole rings is 1. The smallest absolute Gasteiger partial charge is 0.0925 e. The van der Waals surface area contributed by atoms with Crippen LogP contribution in [0.15, 0.2) is 6.33 Å². The van der Waals surface area contributed by atoms with Gasteiger partial charge in [0, 0.05) is 25.8 Å². The summed E-state index contributed by atoms with van der Waals surface area (Å²) >= 11 is 0. The number of hydrogen-bond donors (Lipinski definition) is 2. The highest BCUT2D eigenvalue weighted by atomic mass is 16.5. The molecule has 0 aliphatic carbocycles. The quantitative estimate of drug-likeness (QED) is 0.740. The van der Waals surface area contributed by atoms with Crippen molar-refractivity contribution in [3.63, 3.8) is 0 Å². The van der Waals surface area contributed by atoms with E-state index in [2.05, 4.69) is 29.1 Å². The first-order valence-corrected chi connectivity index (χ1v) is 4.96. The van der Waals surface area contributed by atoms with Crippen molar-refractivity contribution in [3.8, 4) is 0 Å². The minimum atomic E-state index is -0.218. The maximum Gasteiger partial charge on any atom is 0.0925 e. The number of hydrogen-bond acceptors (Lipinski definition) is 3. The molecular weight excluding hydrogens is 178 g/mol. The monoisotopic (exact) mass is 195 g/mol. The summed E-state index contributed by atoms with van der Waals surface area (Å²) in [6.07, 6.45) is 2.78. The van der Waals surface area contributed by atoms with Crippen LogP contribution >= 0.6 is 0 Å². The molecule has 0 saturated carbocycles. The molecular formula is C10H17N3O. The molecule has 1 unspecified atom stereocenters. The number of aromatic nitrogens is 2. The molecule has 78 valence electrons. The number of ether oxygens (including phenoxy) is 1. The van der Waals surface area contributed by atoms with Crippen LogP contribution in [0.25, 0.3) is 0 Å². The topological polar surface area (TPSA) is 49.9 Å². The Morgan fingerprint density at radius 1 is 1.57 bits per heavy atom. The predicted molar refractivity (Wildman–Crippen MR) is 54.1 cm³/mol. The van der Waals surface area contributed by atoms with Gasteiger partial charge in [0.15, 0.2) is 0 Å². The molecule has 4 nitrogen and oxygen atoms in total. The van der Waals surface area contributed by atoms with E-state index in [0.29, 0.717) is 0 Å². The Morgan fingerprint density at radius 3 is 3.07 bits per heavy atom. The Balaban J connectivity index is 2.32. The molecule has 1 aliphatic rings. The summed E-state index contributed by atoms with van der Waals surface area (Å²) in [5.74, 6) is 0. The second-order valence-corrected chi connectivity index (χ2v) is 4.21. The third kappa shape index (κ3) is 1.44. The second kappa shape index (κ2) is 3.37. The minimum Gasteiger partial charge on any atom is -0.377 e. The lowest BCUT2D eigenvalue weighted by molar-refractivity contribution is -0.0140. The van der Waals surface area contributed by atoms with Gasteiger partial charge in [-0.25, -0.2) is 4.98 Å². The van der Waals surface area contributed by atoms with E-state index in [0.717, 1.165) is 18.7 Å². The van der Waals surface area contributed by atoms with Gasteiger partial charge in [-0.3, -0.25) is 0 Å². The minimum absolute atomic E-state index is 0.183. The van der Waals surface area contributed by atoms with Gasteiger partial charge in [-0.15, -0.1) is 0 Å². The van der Waals surface area contributed by atoms with Crippen molar-refractivity contribution in [2.45, 2.75) is 31.9 Å². The first-order valence-electron chi connectivity index (χ1n) is 4.96. The molecule has 0 saturated heterocycles. The first kappa shape index (κ1) is 9.68. The van der Waals surface area contributed by atoms with Gasteiger partial charge in [0.25, 0.3) is 0 Å². The van der Waals surface area contributed by atoms with Gasteiger partial charge >= 0.3 is 0 Å². The van der Waals surface area contributed by atoms with E-state index in [1.165, 1.54) is 5.69 Å². The van der Waals surface area contributed by atoms with E-state index >= 15 is 0 Å². The summed E-state index contributed by atoms with van der Waals surface area (Å²) in [5, 5.41) is 3.45. The fourth-order valence-electron chi connectivity index (χ4n) is 1.91.